The van der Waals surface area contributed by atoms with Crippen molar-refractivity contribution in [3.05, 3.63) is 182 Å². The maximum absolute atomic E-state index is 2.51. The molecule has 0 aliphatic carbocycles. The van der Waals surface area contributed by atoms with Gasteiger partial charge in [0.15, 0.2) is 0 Å². The van der Waals surface area contributed by atoms with Crippen LogP contribution in [0.15, 0.2) is 182 Å². The molecule has 0 bridgehead atoms. The third kappa shape index (κ3) is 4.08. The smallest absolute Gasteiger partial charge is 0.0633 e. The average molecular weight is 691 g/mol. The van der Waals surface area contributed by atoms with Crippen LogP contribution in [0.5, 0.6) is 0 Å². The number of nitrogens with zero attached hydrogens (tertiary/aromatic N) is 2. The van der Waals surface area contributed by atoms with Crippen LogP contribution in [0.25, 0.3) is 108 Å². The van der Waals surface area contributed by atoms with Crippen LogP contribution in [-0.4, -0.2) is 9.13 Å². The molecule has 0 saturated heterocycles. The standard InChI is InChI=1S/C50H30N2S/c1-3-12-35(13-4-1)51-43-27-23-33(29-42(43)48-37-16-8-7-11-31(37)22-28-44(48)51)34-21-24-38-40-25-19-32-20-26-41-39-17-9-10-18-46(39)53-50(41)47(32)49(40)52(45(38)30-34)36-14-5-2-6-15-36/h1-30H. The van der Waals surface area contributed by atoms with Gasteiger partial charge in [-0.15, -0.1) is 11.3 Å². The zero-order valence-electron chi connectivity index (χ0n) is 28.6. The lowest BCUT2D eigenvalue weighted by atomic mass is 9.99. The van der Waals surface area contributed by atoms with Crippen molar-refractivity contribution in [1.29, 1.82) is 0 Å². The van der Waals surface area contributed by atoms with Crippen molar-refractivity contribution >= 4 is 96.7 Å². The maximum atomic E-state index is 2.51. The van der Waals surface area contributed by atoms with Gasteiger partial charge in [-0.25, -0.2) is 0 Å². The van der Waals surface area contributed by atoms with Crippen LogP contribution in [0.3, 0.4) is 0 Å². The first kappa shape index (κ1) is 29.0. The van der Waals surface area contributed by atoms with Crippen LogP contribution in [0.1, 0.15) is 0 Å². The fourth-order valence-electron chi connectivity index (χ4n) is 8.94. The zero-order chi connectivity index (χ0) is 34.6. The van der Waals surface area contributed by atoms with E-state index in [-0.39, 0.29) is 0 Å². The largest absolute Gasteiger partial charge is 0.309 e. The van der Waals surface area contributed by atoms with E-state index in [9.17, 15) is 0 Å². The minimum absolute atomic E-state index is 1.17. The third-order valence-electron chi connectivity index (χ3n) is 11.3. The van der Waals surface area contributed by atoms with Crippen molar-refractivity contribution in [3.8, 4) is 22.5 Å². The lowest BCUT2D eigenvalue weighted by Crippen LogP contribution is -1.94. The second-order valence-electron chi connectivity index (χ2n) is 14.1. The van der Waals surface area contributed by atoms with Crippen molar-refractivity contribution in [2.24, 2.45) is 0 Å². The summed E-state index contributed by atoms with van der Waals surface area (Å²) < 4.78 is 7.60. The number of thiophene rings is 1. The van der Waals surface area contributed by atoms with E-state index in [1.807, 2.05) is 11.3 Å². The van der Waals surface area contributed by atoms with Crippen LogP contribution in [0, 0.1) is 0 Å². The summed E-state index contributed by atoms with van der Waals surface area (Å²) in [6.45, 7) is 0. The van der Waals surface area contributed by atoms with E-state index in [2.05, 4.69) is 191 Å². The average Bonchev–Trinajstić information content (AvgIpc) is 3.88. The molecule has 0 fully saturated rings. The summed E-state index contributed by atoms with van der Waals surface area (Å²) in [6, 6.07) is 67.1. The molecule has 0 radical (unpaired) electrons. The highest BCUT2D eigenvalue weighted by atomic mass is 32.1. The van der Waals surface area contributed by atoms with E-state index in [4.69, 9.17) is 0 Å². The van der Waals surface area contributed by atoms with Crippen LogP contribution < -0.4 is 0 Å². The van der Waals surface area contributed by atoms with E-state index in [0.717, 1.165) is 0 Å². The van der Waals surface area contributed by atoms with Crippen molar-refractivity contribution < 1.29 is 0 Å². The molecule has 0 amide bonds. The fraction of sp³-hybridized carbons (Fsp3) is 0. The first-order valence-corrected chi connectivity index (χ1v) is 19.0. The number of benzene rings is 9. The first-order chi connectivity index (χ1) is 26.3. The molecule has 246 valence electrons. The van der Waals surface area contributed by atoms with Crippen LogP contribution in [-0.2, 0) is 0 Å². The molecule has 3 heterocycles. The molecule has 0 unspecified atom stereocenters. The highest BCUT2D eigenvalue weighted by Gasteiger charge is 2.20. The SMILES string of the molecule is c1ccc(-n2c3ccc(-c4ccc5c6ccc7ccc8c9ccccc9sc8c7c6n(-c6ccccc6)c5c4)cc3c3c4ccccc4ccc32)cc1. The summed E-state index contributed by atoms with van der Waals surface area (Å²) in [6.07, 6.45) is 0. The van der Waals surface area contributed by atoms with Crippen molar-refractivity contribution in [2.75, 3.05) is 0 Å². The molecule has 2 nitrogen and oxygen atoms in total. The number of aromatic nitrogens is 2. The summed E-state index contributed by atoms with van der Waals surface area (Å²) >= 11 is 1.91. The molecule has 0 N–H and O–H groups in total. The second kappa shape index (κ2) is 10.9. The zero-order valence-corrected chi connectivity index (χ0v) is 29.4. The number of hydrogen-bond acceptors (Lipinski definition) is 1. The molecule has 0 atom stereocenters. The van der Waals surface area contributed by atoms with Gasteiger partial charge in [-0.1, -0.05) is 127 Å². The van der Waals surface area contributed by atoms with Crippen molar-refractivity contribution in [3.63, 3.8) is 0 Å². The Morgan fingerprint density at radius 1 is 0.340 bits per heavy atom. The molecule has 9 aromatic carbocycles. The van der Waals surface area contributed by atoms with Crippen LogP contribution >= 0.6 is 11.3 Å². The van der Waals surface area contributed by atoms with Crippen molar-refractivity contribution in [1.82, 2.24) is 9.13 Å². The molecule has 12 rings (SSSR count). The van der Waals surface area contributed by atoms with Gasteiger partial charge in [0.25, 0.3) is 0 Å². The van der Waals surface area contributed by atoms with Gasteiger partial charge in [-0.05, 0) is 81.9 Å². The predicted molar refractivity (Wildman–Crippen MR) is 228 cm³/mol. The number of para-hydroxylation sites is 2. The minimum atomic E-state index is 1.17. The van der Waals surface area contributed by atoms with Gasteiger partial charge in [0.2, 0.25) is 0 Å². The Labute approximate surface area is 309 Å². The lowest BCUT2D eigenvalue weighted by molar-refractivity contribution is 1.18. The lowest BCUT2D eigenvalue weighted by Gasteiger charge is -2.11. The fourth-order valence-corrected chi connectivity index (χ4v) is 10.2. The summed E-state index contributed by atoms with van der Waals surface area (Å²) in [4.78, 5) is 0. The summed E-state index contributed by atoms with van der Waals surface area (Å²) in [5.74, 6) is 0. The Morgan fingerprint density at radius 2 is 0.962 bits per heavy atom. The summed E-state index contributed by atoms with van der Waals surface area (Å²) in [5.41, 5.74) is 9.67. The van der Waals surface area contributed by atoms with Gasteiger partial charge in [-0.2, -0.15) is 0 Å². The van der Waals surface area contributed by atoms with E-state index >= 15 is 0 Å². The topological polar surface area (TPSA) is 9.86 Å². The van der Waals surface area contributed by atoms with Gasteiger partial charge in [0.05, 0.1) is 22.1 Å². The van der Waals surface area contributed by atoms with Gasteiger partial charge in [0.1, 0.15) is 0 Å². The highest BCUT2D eigenvalue weighted by molar-refractivity contribution is 7.26. The van der Waals surface area contributed by atoms with Gasteiger partial charge < -0.3 is 9.13 Å². The molecule has 3 aromatic heterocycles. The van der Waals surface area contributed by atoms with Gasteiger partial charge in [0, 0.05) is 58.5 Å². The maximum Gasteiger partial charge on any atom is 0.0633 e. The Bertz CT molecular complexity index is 3440. The van der Waals surface area contributed by atoms with E-state index < -0.39 is 0 Å². The molecular formula is C50H30N2S. The Hall–Kier alpha value is -6.68. The number of rotatable bonds is 3. The Balaban J connectivity index is 1.17. The quantitative estimate of drug-likeness (QED) is 0.175. The van der Waals surface area contributed by atoms with Gasteiger partial charge in [-0.3, -0.25) is 0 Å². The molecule has 0 saturated carbocycles. The van der Waals surface area contributed by atoms with Crippen molar-refractivity contribution in [2.45, 2.75) is 0 Å². The molecule has 12 aromatic rings. The molecule has 0 aliphatic rings. The number of hydrogen-bond donors (Lipinski definition) is 0. The summed E-state index contributed by atoms with van der Waals surface area (Å²) in [5, 5.41) is 12.9. The van der Waals surface area contributed by atoms with E-state index in [1.165, 1.54) is 108 Å². The monoisotopic (exact) mass is 690 g/mol. The first-order valence-electron chi connectivity index (χ1n) is 18.2. The van der Waals surface area contributed by atoms with Crippen LogP contribution in [0.4, 0.5) is 0 Å². The Kier molecular flexibility index (Phi) is 5.96. The molecular weight excluding hydrogens is 661 g/mol. The molecule has 0 aliphatic heterocycles. The predicted octanol–water partition coefficient (Wildman–Crippen LogP) is 14.2. The molecule has 53 heavy (non-hydrogen) atoms. The third-order valence-corrected chi connectivity index (χ3v) is 12.5. The number of fused-ring (bicyclic) bond motifs is 14. The van der Waals surface area contributed by atoms with Crippen LogP contribution in [0.2, 0.25) is 0 Å². The van der Waals surface area contributed by atoms with E-state index in [0.29, 0.717) is 0 Å². The minimum Gasteiger partial charge on any atom is -0.309 e. The Morgan fingerprint density at radius 3 is 1.79 bits per heavy atom. The molecule has 3 heteroatoms. The second-order valence-corrected chi connectivity index (χ2v) is 15.1. The molecule has 0 spiro atoms. The highest BCUT2D eigenvalue weighted by Crippen LogP contribution is 2.45. The summed E-state index contributed by atoms with van der Waals surface area (Å²) in [7, 11) is 0. The van der Waals surface area contributed by atoms with Gasteiger partial charge >= 0.3 is 0 Å². The normalized spacial score (nSPS) is 12.2. The van der Waals surface area contributed by atoms with E-state index in [1.54, 1.807) is 0 Å².